The van der Waals surface area contributed by atoms with Crippen LogP contribution < -0.4 is 0 Å². The molecule has 2 aliphatic rings. The molecular weight excluding hydrogens is 172 g/mol. The van der Waals surface area contributed by atoms with Crippen LogP contribution in [0.1, 0.15) is 5.56 Å². The molecule has 0 atom stereocenters. The van der Waals surface area contributed by atoms with Crippen molar-refractivity contribution in [2.45, 2.75) is 0 Å². The van der Waals surface area contributed by atoms with E-state index in [0.717, 1.165) is 11.8 Å². The monoisotopic (exact) mass is 182 g/mol. The second-order valence-corrected chi connectivity index (χ2v) is 3.06. The first-order valence-electron chi connectivity index (χ1n) is 4.51. The number of rotatable bonds is 2. The van der Waals surface area contributed by atoms with E-state index in [1.807, 2.05) is 30.3 Å². The summed E-state index contributed by atoms with van der Waals surface area (Å²) < 4.78 is 0. The molecule has 0 aromatic rings. The molecule has 0 aromatic carbocycles. The second kappa shape index (κ2) is 3.88. The molecule has 0 fully saturated rings. The second-order valence-electron chi connectivity index (χ2n) is 3.06. The van der Waals surface area contributed by atoms with Gasteiger partial charge in [0.2, 0.25) is 0 Å². The van der Waals surface area contributed by atoms with Crippen molar-refractivity contribution in [3.63, 3.8) is 0 Å². The molecule has 0 saturated carbocycles. The van der Waals surface area contributed by atoms with Gasteiger partial charge in [-0.05, 0) is 22.8 Å². The molecule has 0 saturated heterocycles. The Bertz CT molecular complexity index is 443. The van der Waals surface area contributed by atoms with Crippen LogP contribution in [-0.2, 0) is 4.79 Å². The molecule has 0 aromatic heterocycles. The Hall–Kier alpha value is -1.89. The first kappa shape index (κ1) is 8.70. The zero-order chi connectivity index (χ0) is 9.80. The van der Waals surface area contributed by atoms with Gasteiger partial charge in [0.1, 0.15) is 6.29 Å². The minimum absolute atomic E-state index is 0.793. The van der Waals surface area contributed by atoms with E-state index in [1.54, 1.807) is 0 Å². The highest BCUT2D eigenvalue weighted by molar-refractivity contribution is 5.82. The molecule has 14 heavy (non-hydrogen) atoms. The summed E-state index contributed by atoms with van der Waals surface area (Å²) in [6.45, 7) is 0. The Morgan fingerprint density at radius 1 is 0.929 bits per heavy atom. The van der Waals surface area contributed by atoms with E-state index >= 15 is 0 Å². The minimum atomic E-state index is 0.793. The highest BCUT2D eigenvalue weighted by Gasteiger charge is 2.03. The summed E-state index contributed by atoms with van der Waals surface area (Å²) in [5.74, 6) is 0. The maximum Gasteiger partial charge on any atom is 0.142 e. The maximum atomic E-state index is 10.2. The fourth-order valence-corrected chi connectivity index (χ4v) is 1.53. The third-order valence-corrected chi connectivity index (χ3v) is 2.18. The Morgan fingerprint density at radius 2 is 1.79 bits per heavy atom. The lowest BCUT2D eigenvalue weighted by molar-refractivity contribution is -0.104. The van der Waals surface area contributed by atoms with Crippen molar-refractivity contribution in [1.29, 1.82) is 0 Å². The van der Waals surface area contributed by atoms with Crippen LogP contribution in [-0.4, -0.2) is 6.29 Å². The quantitative estimate of drug-likeness (QED) is 0.515. The van der Waals surface area contributed by atoms with Gasteiger partial charge in [0.25, 0.3) is 0 Å². The standard InChI is InChI=1S/C13H10O/c14-10-4-6-12-9-8-11-5-2-1-3-7-13(11)12/h1-10H/b6-4+. The van der Waals surface area contributed by atoms with Crippen molar-refractivity contribution in [1.82, 2.24) is 0 Å². The minimum Gasteiger partial charge on any atom is -0.299 e. The van der Waals surface area contributed by atoms with Crippen molar-refractivity contribution in [2.75, 3.05) is 0 Å². The summed E-state index contributed by atoms with van der Waals surface area (Å²) in [6, 6.07) is 14.2. The fraction of sp³-hybridized carbons (Fsp3) is 0. The molecule has 0 N–H and O–H groups in total. The summed E-state index contributed by atoms with van der Waals surface area (Å²) in [4.78, 5) is 10.2. The fourth-order valence-electron chi connectivity index (χ4n) is 1.53. The smallest absolute Gasteiger partial charge is 0.142 e. The molecule has 1 nitrogen and oxygen atoms in total. The average Bonchev–Trinajstić information content (AvgIpc) is 2.45. The van der Waals surface area contributed by atoms with Gasteiger partial charge in [-0.1, -0.05) is 48.5 Å². The van der Waals surface area contributed by atoms with Crippen LogP contribution >= 0.6 is 0 Å². The molecule has 0 radical (unpaired) electrons. The van der Waals surface area contributed by atoms with E-state index < -0.39 is 0 Å². The number of aldehydes is 1. The predicted molar refractivity (Wildman–Crippen MR) is 58.2 cm³/mol. The highest BCUT2D eigenvalue weighted by atomic mass is 16.1. The largest absolute Gasteiger partial charge is 0.299 e. The van der Waals surface area contributed by atoms with Crippen molar-refractivity contribution in [3.8, 4) is 11.1 Å². The lowest BCUT2D eigenvalue weighted by Crippen LogP contribution is -1.70. The third-order valence-electron chi connectivity index (χ3n) is 2.18. The number of hydrogen-bond acceptors (Lipinski definition) is 1. The van der Waals surface area contributed by atoms with Crippen LogP contribution in [0.15, 0.2) is 48.5 Å². The van der Waals surface area contributed by atoms with E-state index in [9.17, 15) is 4.79 Å². The third kappa shape index (κ3) is 1.57. The zero-order valence-electron chi connectivity index (χ0n) is 7.68. The molecule has 2 aliphatic carbocycles. The van der Waals surface area contributed by atoms with E-state index in [4.69, 9.17) is 0 Å². The molecule has 68 valence electrons. The summed E-state index contributed by atoms with van der Waals surface area (Å²) in [7, 11) is 0. The number of hydrogen-bond donors (Lipinski definition) is 0. The van der Waals surface area contributed by atoms with Crippen molar-refractivity contribution in [3.05, 3.63) is 54.1 Å². The van der Waals surface area contributed by atoms with Crippen LogP contribution in [0.2, 0.25) is 0 Å². The summed E-state index contributed by atoms with van der Waals surface area (Å²) in [5, 5.41) is 0. The van der Waals surface area contributed by atoms with Gasteiger partial charge in [-0.2, -0.15) is 0 Å². The average molecular weight is 182 g/mol. The van der Waals surface area contributed by atoms with Gasteiger partial charge < -0.3 is 0 Å². The van der Waals surface area contributed by atoms with Gasteiger partial charge in [-0.25, -0.2) is 0 Å². The summed E-state index contributed by atoms with van der Waals surface area (Å²) in [6.07, 6.45) is 4.14. The number of carbonyl (C=O) groups is 1. The zero-order valence-corrected chi connectivity index (χ0v) is 7.68. The molecule has 0 unspecified atom stereocenters. The van der Waals surface area contributed by atoms with Gasteiger partial charge in [0.15, 0.2) is 0 Å². The van der Waals surface area contributed by atoms with Crippen molar-refractivity contribution < 1.29 is 4.79 Å². The van der Waals surface area contributed by atoms with Crippen molar-refractivity contribution in [2.24, 2.45) is 0 Å². The molecule has 2 rings (SSSR count). The number of allylic oxidation sites excluding steroid dienone is 1. The molecular formula is C13H10O. The number of carbonyl (C=O) groups excluding carboxylic acids is 1. The summed E-state index contributed by atoms with van der Waals surface area (Å²) >= 11 is 0. The van der Waals surface area contributed by atoms with Gasteiger partial charge >= 0.3 is 0 Å². The molecule has 0 aliphatic heterocycles. The molecule has 0 heterocycles. The van der Waals surface area contributed by atoms with E-state index in [0.29, 0.717) is 0 Å². The summed E-state index contributed by atoms with van der Waals surface area (Å²) in [5.41, 5.74) is 3.46. The van der Waals surface area contributed by atoms with E-state index in [-0.39, 0.29) is 0 Å². The van der Waals surface area contributed by atoms with Crippen molar-refractivity contribution >= 4 is 12.4 Å². The SMILES string of the molecule is O=C/C=C/c1ccc2cccccc1-2. The normalized spacial score (nSPS) is 10.9. The van der Waals surface area contributed by atoms with Gasteiger partial charge in [0.05, 0.1) is 0 Å². The van der Waals surface area contributed by atoms with Crippen LogP contribution in [0, 0.1) is 0 Å². The molecule has 0 spiro atoms. The molecule has 0 bridgehead atoms. The first-order valence-corrected chi connectivity index (χ1v) is 4.51. The van der Waals surface area contributed by atoms with E-state index in [1.165, 1.54) is 17.2 Å². The highest BCUT2D eigenvalue weighted by Crippen LogP contribution is 2.27. The Kier molecular flexibility index (Phi) is 2.41. The number of fused-ring (bicyclic) bond motifs is 1. The van der Waals surface area contributed by atoms with Crippen LogP contribution in [0.25, 0.3) is 17.2 Å². The lowest BCUT2D eigenvalue weighted by Gasteiger charge is -1.93. The maximum absolute atomic E-state index is 10.2. The van der Waals surface area contributed by atoms with Crippen LogP contribution in [0.3, 0.4) is 0 Å². The van der Waals surface area contributed by atoms with Gasteiger partial charge in [-0.3, -0.25) is 4.79 Å². The van der Waals surface area contributed by atoms with Gasteiger partial charge in [0, 0.05) is 0 Å². The van der Waals surface area contributed by atoms with Crippen LogP contribution in [0.5, 0.6) is 0 Å². The molecule has 0 amide bonds. The topological polar surface area (TPSA) is 17.1 Å². The first-order chi connectivity index (χ1) is 6.92. The predicted octanol–water partition coefficient (Wildman–Crippen LogP) is 3.00. The Labute approximate surface area is 83.0 Å². The lowest BCUT2D eigenvalue weighted by atomic mass is 10.1. The van der Waals surface area contributed by atoms with Crippen LogP contribution in [0.4, 0.5) is 0 Å². The van der Waals surface area contributed by atoms with E-state index in [2.05, 4.69) is 18.2 Å². The molecule has 1 heteroatoms. The Morgan fingerprint density at radius 3 is 2.64 bits per heavy atom. The van der Waals surface area contributed by atoms with Gasteiger partial charge in [-0.15, -0.1) is 0 Å². The Balaban J connectivity index is 2.52.